The van der Waals surface area contributed by atoms with E-state index in [-0.39, 0.29) is 6.15 Å². The minimum Gasteiger partial charge on any atom is -0.384 e. The first-order valence-corrected chi connectivity index (χ1v) is 2.55. The van der Waals surface area contributed by atoms with Gasteiger partial charge in [-0.2, -0.15) is 0 Å². The van der Waals surface area contributed by atoms with Gasteiger partial charge in [0, 0.05) is 7.11 Å². The molecule has 0 rings (SSSR count). The maximum Gasteiger partial charge on any atom is 0.0510 e. The van der Waals surface area contributed by atoms with Gasteiger partial charge in [0.15, 0.2) is 0 Å². The molecule has 0 radical (unpaired) electrons. The summed E-state index contributed by atoms with van der Waals surface area (Å²) in [7, 11) is 1.73. The molecule has 8 heavy (non-hydrogen) atoms. The maximum atomic E-state index is 4.91. The first kappa shape index (κ1) is 10.8. The summed E-state index contributed by atoms with van der Waals surface area (Å²) in [6, 6.07) is 0. The smallest absolute Gasteiger partial charge is 0.0510 e. The fourth-order valence-corrected chi connectivity index (χ4v) is 0.433. The summed E-state index contributed by atoms with van der Waals surface area (Å²) in [4.78, 5) is 0. The van der Waals surface area contributed by atoms with E-state index in [0.29, 0.717) is 5.41 Å². The van der Waals surface area contributed by atoms with Crippen LogP contribution in [0.1, 0.15) is 20.8 Å². The van der Waals surface area contributed by atoms with Gasteiger partial charge in [-0.05, 0) is 5.41 Å². The maximum absolute atomic E-state index is 4.91. The average molecular weight is 119 g/mol. The van der Waals surface area contributed by atoms with Crippen LogP contribution in [0.3, 0.4) is 0 Å². The Morgan fingerprint density at radius 3 is 1.62 bits per heavy atom. The van der Waals surface area contributed by atoms with E-state index in [4.69, 9.17) is 4.74 Å². The second kappa shape index (κ2) is 3.87. The van der Waals surface area contributed by atoms with E-state index < -0.39 is 0 Å². The number of hydrogen-bond donors (Lipinski definition) is 1. The zero-order valence-corrected chi connectivity index (χ0v) is 6.32. The molecule has 2 nitrogen and oxygen atoms in total. The summed E-state index contributed by atoms with van der Waals surface area (Å²) in [5, 5.41) is 0. The number of hydrogen-bond acceptors (Lipinski definition) is 2. The second-order valence-electron chi connectivity index (χ2n) is 2.99. The molecule has 0 atom stereocenters. The van der Waals surface area contributed by atoms with E-state index in [1.165, 1.54) is 0 Å². The zero-order chi connectivity index (χ0) is 5.91. The first-order valence-electron chi connectivity index (χ1n) is 2.55. The Hall–Kier alpha value is -0.0800. The quantitative estimate of drug-likeness (QED) is 0.572. The van der Waals surface area contributed by atoms with Gasteiger partial charge in [0.2, 0.25) is 0 Å². The van der Waals surface area contributed by atoms with Gasteiger partial charge in [-0.15, -0.1) is 0 Å². The molecule has 0 spiro atoms. The molecular formula is C6H17NO. The van der Waals surface area contributed by atoms with Crippen LogP contribution in [0, 0.1) is 5.41 Å². The SMILES string of the molecule is COCC(C)(C)C.N. The highest BCUT2D eigenvalue weighted by molar-refractivity contribution is 4.57. The third kappa shape index (κ3) is 9.33. The molecule has 0 aromatic rings. The number of methoxy groups -OCH3 is 1. The van der Waals surface area contributed by atoms with Crippen molar-refractivity contribution in [1.29, 1.82) is 0 Å². The highest BCUT2D eigenvalue weighted by atomic mass is 16.5. The Morgan fingerprint density at radius 1 is 1.25 bits per heavy atom. The molecule has 0 bridgehead atoms. The van der Waals surface area contributed by atoms with Crippen LogP contribution in [0.25, 0.3) is 0 Å². The Balaban J connectivity index is 0. The summed E-state index contributed by atoms with van der Waals surface area (Å²) in [6.07, 6.45) is 0. The van der Waals surface area contributed by atoms with Gasteiger partial charge in [-0.25, -0.2) is 0 Å². The monoisotopic (exact) mass is 119 g/mol. The van der Waals surface area contributed by atoms with Crippen LogP contribution in [0.4, 0.5) is 0 Å². The lowest BCUT2D eigenvalue weighted by molar-refractivity contribution is 0.116. The van der Waals surface area contributed by atoms with Crippen molar-refractivity contribution >= 4 is 0 Å². The molecule has 0 amide bonds. The van der Waals surface area contributed by atoms with Gasteiger partial charge in [0.25, 0.3) is 0 Å². The molecule has 3 N–H and O–H groups in total. The molecule has 0 aliphatic heterocycles. The van der Waals surface area contributed by atoms with Crippen molar-refractivity contribution in [3.8, 4) is 0 Å². The third-order valence-electron chi connectivity index (χ3n) is 0.577. The van der Waals surface area contributed by atoms with E-state index in [2.05, 4.69) is 20.8 Å². The summed E-state index contributed by atoms with van der Waals surface area (Å²) < 4.78 is 4.91. The van der Waals surface area contributed by atoms with Crippen LogP contribution in [0.15, 0.2) is 0 Å². The normalized spacial score (nSPS) is 10.5. The number of ether oxygens (including phenoxy) is 1. The zero-order valence-electron chi connectivity index (χ0n) is 6.32. The lowest BCUT2D eigenvalue weighted by atomic mass is 9.99. The molecule has 0 saturated carbocycles. The van der Waals surface area contributed by atoms with Gasteiger partial charge < -0.3 is 10.9 Å². The third-order valence-corrected chi connectivity index (χ3v) is 0.577. The molecule has 0 unspecified atom stereocenters. The first-order chi connectivity index (χ1) is 3.06. The highest BCUT2D eigenvalue weighted by Crippen LogP contribution is 2.11. The fraction of sp³-hybridized carbons (Fsp3) is 1.00. The molecular weight excluding hydrogens is 102 g/mol. The summed E-state index contributed by atoms with van der Waals surface area (Å²) >= 11 is 0. The average Bonchev–Trinajstić information content (AvgIpc) is 1.30. The molecule has 0 aromatic heterocycles. The van der Waals surface area contributed by atoms with E-state index in [1.807, 2.05) is 0 Å². The minimum absolute atomic E-state index is 0. The molecule has 2 heteroatoms. The lowest BCUT2D eigenvalue weighted by Crippen LogP contribution is -2.12. The van der Waals surface area contributed by atoms with Crippen LogP contribution in [-0.4, -0.2) is 13.7 Å². The van der Waals surface area contributed by atoms with Crippen molar-refractivity contribution in [2.75, 3.05) is 13.7 Å². The van der Waals surface area contributed by atoms with Crippen molar-refractivity contribution in [2.24, 2.45) is 5.41 Å². The van der Waals surface area contributed by atoms with E-state index in [9.17, 15) is 0 Å². The predicted octanol–water partition coefficient (Wildman–Crippen LogP) is 1.84. The molecule has 0 aliphatic rings. The molecule has 0 aliphatic carbocycles. The summed E-state index contributed by atoms with van der Waals surface area (Å²) in [5.74, 6) is 0. The van der Waals surface area contributed by atoms with Gasteiger partial charge >= 0.3 is 0 Å². The minimum atomic E-state index is 0. The van der Waals surface area contributed by atoms with Crippen molar-refractivity contribution in [1.82, 2.24) is 6.15 Å². The second-order valence-corrected chi connectivity index (χ2v) is 2.99. The van der Waals surface area contributed by atoms with Crippen molar-refractivity contribution < 1.29 is 4.74 Å². The largest absolute Gasteiger partial charge is 0.384 e. The van der Waals surface area contributed by atoms with Crippen LogP contribution in [-0.2, 0) is 4.74 Å². The topological polar surface area (TPSA) is 44.2 Å². The standard InChI is InChI=1S/C6H14O.H3N/c1-6(2,3)5-7-4;/h5H2,1-4H3;1H3. The van der Waals surface area contributed by atoms with Gasteiger partial charge in [0.05, 0.1) is 6.61 Å². The molecule has 0 aromatic carbocycles. The van der Waals surface area contributed by atoms with E-state index in [1.54, 1.807) is 7.11 Å². The van der Waals surface area contributed by atoms with Crippen molar-refractivity contribution in [3.05, 3.63) is 0 Å². The highest BCUT2D eigenvalue weighted by Gasteiger charge is 2.07. The van der Waals surface area contributed by atoms with Crippen LogP contribution in [0.5, 0.6) is 0 Å². The van der Waals surface area contributed by atoms with Gasteiger partial charge in [-0.3, -0.25) is 0 Å². The van der Waals surface area contributed by atoms with Gasteiger partial charge in [-0.1, -0.05) is 20.8 Å². The molecule has 52 valence electrons. The summed E-state index contributed by atoms with van der Waals surface area (Å²) in [5.41, 5.74) is 0.328. The molecule has 0 saturated heterocycles. The van der Waals surface area contributed by atoms with E-state index >= 15 is 0 Å². The van der Waals surface area contributed by atoms with Crippen LogP contribution in [0.2, 0.25) is 0 Å². The Morgan fingerprint density at radius 2 is 1.62 bits per heavy atom. The van der Waals surface area contributed by atoms with Crippen molar-refractivity contribution in [2.45, 2.75) is 20.8 Å². The summed E-state index contributed by atoms with van der Waals surface area (Å²) in [6.45, 7) is 7.29. The molecule has 0 fully saturated rings. The lowest BCUT2D eigenvalue weighted by Gasteiger charge is -2.15. The van der Waals surface area contributed by atoms with Crippen LogP contribution < -0.4 is 6.15 Å². The number of rotatable bonds is 1. The Bertz CT molecular complexity index is 47.0. The van der Waals surface area contributed by atoms with Gasteiger partial charge in [0.1, 0.15) is 0 Å². The van der Waals surface area contributed by atoms with Crippen LogP contribution >= 0.6 is 0 Å². The Kier molecular flexibility index (Phi) is 5.23. The predicted molar refractivity (Wildman–Crippen MR) is 36.4 cm³/mol. The van der Waals surface area contributed by atoms with E-state index in [0.717, 1.165) is 6.61 Å². The Labute approximate surface area is 51.8 Å². The van der Waals surface area contributed by atoms with Crippen molar-refractivity contribution in [3.63, 3.8) is 0 Å². The molecule has 0 heterocycles. The fourth-order valence-electron chi connectivity index (χ4n) is 0.433.